The van der Waals surface area contributed by atoms with Gasteiger partial charge in [0.25, 0.3) is 0 Å². The highest BCUT2D eigenvalue weighted by Crippen LogP contribution is 2.23. The average molecular weight is 333 g/mol. The Bertz CT molecular complexity index is 889. The Morgan fingerprint density at radius 3 is 2.64 bits per heavy atom. The van der Waals surface area contributed by atoms with Crippen molar-refractivity contribution in [3.8, 4) is 6.07 Å². The van der Waals surface area contributed by atoms with Crippen molar-refractivity contribution < 1.29 is 9.21 Å². The second-order valence-electron chi connectivity index (χ2n) is 6.02. The van der Waals surface area contributed by atoms with Crippen molar-refractivity contribution in [3.05, 3.63) is 71.5 Å². The van der Waals surface area contributed by atoms with Gasteiger partial charge in [-0.2, -0.15) is 5.26 Å². The largest absolute Gasteiger partial charge is 0.459 e. The number of carbonyl (C=O) groups is 1. The number of carbonyl (C=O) groups excluding carboxylic acids is 1. The molecule has 1 heterocycles. The molecule has 0 bridgehead atoms. The average Bonchev–Trinajstić information content (AvgIpc) is 3.06. The van der Waals surface area contributed by atoms with Crippen LogP contribution in [-0.4, -0.2) is 18.0 Å². The fraction of sp³-hybridized carbons (Fsp3) is 0.200. The first-order valence-electron chi connectivity index (χ1n) is 8.06. The van der Waals surface area contributed by atoms with Gasteiger partial charge in [-0.25, -0.2) is 4.79 Å². The highest BCUT2D eigenvalue weighted by molar-refractivity contribution is 5.78. The number of fused-ring (bicyclic) bond motifs is 1. The minimum atomic E-state index is -0.233. The van der Waals surface area contributed by atoms with Gasteiger partial charge in [-0.1, -0.05) is 30.3 Å². The normalized spacial score (nSPS) is 11.7. The van der Waals surface area contributed by atoms with Crippen molar-refractivity contribution in [2.45, 2.75) is 19.5 Å². The number of hydrogen-bond donors (Lipinski definition) is 1. The number of urea groups is 1. The Morgan fingerprint density at radius 1 is 1.24 bits per heavy atom. The molecule has 1 N–H and O–H groups in total. The Morgan fingerprint density at radius 2 is 1.96 bits per heavy atom. The number of nitrogens with zero attached hydrogens (tertiary/aromatic N) is 2. The molecule has 0 saturated carbocycles. The quantitative estimate of drug-likeness (QED) is 0.777. The summed E-state index contributed by atoms with van der Waals surface area (Å²) < 4.78 is 5.79. The minimum absolute atomic E-state index is 0.183. The van der Waals surface area contributed by atoms with Crippen LogP contribution in [0.4, 0.5) is 4.79 Å². The van der Waals surface area contributed by atoms with Crippen molar-refractivity contribution in [3.63, 3.8) is 0 Å². The molecule has 3 aromatic rings. The molecule has 126 valence electrons. The van der Waals surface area contributed by atoms with Gasteiger partial charge in [0.05, 0.1) is 17.7 Å². The lowest BCUT2D eigenvalue weighted by Crippen LogP contribution is -2.38. The third-order valence-electron chi connectivity index (χ3n) is 4.06. The fourth-order valence-corrected chi connectivity index (χ4v) is 2.61. The molecular weight excluding hydrogens is 314 g/mol. The van der Waals surface area contributed by atoms with Crippen LogP contribution in [0.2, 0.25) is 0 Å². The van der Waals surface area contributed by atoms with Crippen LogP contribution in [0.15, 0.2) is 59.0 Å². The van der Waals surface area contributed by atoms with E-state index in [1.807, 2.05) is 49.4 Å². The molecule has 2 amide bonds. The molecule has 0 aliphatic heterocycles. The van der Waals surface area contributed by atoms with Gasteiger partial charge >= 0.3 is 6.03 Å². The summed E-state index contributed by atoms with van der Waals surface area (Å²) >= 11 is 0. The van der Waals surface area contributed by atoms with Gasteiger partial charge in [0.2, 0.25) is 0 Å². The van der Waals surface area contributed by atoms with Crippen LogP contribution in [0.5, 0.6) is 0 Å². The van der Waals surface area contributed by atoms with Crippen molar-refractivity contribution in [2.24, 2.45) is 0 Å². The molecule has 2 aromatic carbocycles. The molecule has 3 rings (SSSR count). The number of furan rings is 1. The highest BCUT2D eigenvalue weighted by Gasteiger charge is 2.16. The van der Waals surface area contributed by atoms with Gasteiger partial charge in [-0.15, -0.1) is 0 Å². The fourth-order valence-electron chi connectivity index (χ4n) is 2.61. The molecule has 0 fully saturated rings. The summed E-state index contributed by atoms with van der Waals surface area (Å²) in [4.78, 5) is 14.0. The summed E-state index contributed by atoms with van der Waals surface area (Å²) in [5.74, 6) is 0.723. The molecule has 25 heavy (non-hydrogen) atoms. The van der Waals surface area contributed by atoms with E-state index in [4.69, 9.17) is 9.68 Å². The van der Waals surface area contributed by atoms with Gasteiger partial charge < -0.3 is 14.6 Å². The van der Waals surface area contributed by atoms with Crippen molar-refractivity contribution >= 4 is 17.0 Å². The van der Waals surface area contributed by atoms with Gasteiger partial charge in [0.15, 0.2) is 0 Å². The first-order valence-corrected chi connectivity index (χ1v) is 8.06. The molecule has 5 heteroatoms. The maximum Gasteiger partial charge on any atom is 0.318 e. The number of para-hydroxylation sites is 1. The molecule has 0 radical (unpaired) electrons. The van der Waals surface area contributed by atoms with Crippen LogP contribution in [-0.2, 0) is 6.54 Å². The van der Waals surface area contributed by atoms with Crippen LogP contribution in [0.3, 0.4) is 0 Å². The summed E-state index contributed by atoms with van der Waals surface area (Å²) in [6.45, 7) is 2.36. The van der Waals surface area contributed by atoms with Gasteiger partial charge in [0, 0.05) is 19.0 Å². The molecular formula is C20H19N3O2. The molecule has 0 saturated heterocycles. The smallest absolute Gasteiger partial charge is 0.318 e. The molecule has 0 spiro atoms. The summed E-state index contributed by atoms with van der Waals surface area (Å²) in [6.07, 6.45) is 0. The van der Waals surface area contributed by atoms with E-state index in [9.17, 15) is 4.79 Å². The number of amides is 2. The van der Waals surface area contributed by atoms with Gasteiger partial charge in [-0.05, 0) is 36.8 Å². The predicted molar refractivity (Wildman–Crippen MR) is 95.8 cm³/mol. The SMILES string of the molecule is CC(NC(=O)N(C)Cc1ccc(C#N)cc1)c1cc2ccccc2o1. The zero-order valence-electron chi connectivity index (χ0n) is 14.2. The molecule has 0 aliphatic carbocycles. The zero-order chi connectivity index (χ0) is 17.8. The van der Waals surface area contributed by atoms with Crippen LogP contribution in [0.1, 0.15) is 29.9 Å². The summed E-state index contributed by atoms with van der Waals surface area (Å²) in [5.41, 5.74) is 2.38. The topological polar surface area (TPSA) is 69.3 Å². The predicted octanol–water partition coefficient (Wildman–Crippen LogP) is 4.21. The molecule has 1 atom stereocenters. The molecule has 5 nitrogen and oxygen atoms in total. The Kier molecular flexibility index (Phi) is 4.71. The van der Waals surface area contributed by atoms with Gasteiger partial charge in [0.1, 0.15) is 11.3 Å². The van der Waals surface area contributed by atoms with Crippen LogP contribution in [0.25, 0.3) is 11.0 Å². The van der Waals surface area contributed by atoms with Gasteiger partial charge in [-0.3, -0.25) is 0 Å². The lowest BCUT2D eigenvalue weighted by atomic mass is 10.1. The summed E-state index contributed by atoms with van der Waals surface area (Å²) in [5, 5.41) is 12.8. The first-order chi connectivity index (χ1) is 12.1. The molecule has 1 unspecified atom stereocenters. The lowest BCUT2D eigenvalue weighted by molar-refractivity contribution is 0.202. The lowest BCUT2D eigenvalue weighted by Gasteiger charge is -2.20. The minimum Gasteiger partial charge on any atom is -0.459 e. The number of nitrogens with one attached hydrogen (secondary N) is 1. The van der Waals surface area contributed by atoms with E-state index in [1.165, 1.54) is 0 Å². The molecule has 1 aromatic heterocycles. The van der Waals surface area contributed by atoms with Crippen LogP contribution in [0, 0.1) is 11.3 Å². The van der Waals surface area contributed by atoms with Crippen LogP contribution >= 0.6 is 0 Å². The number of rotatable bonds is 4. The van der Waals surface area contributed by atoms with E-state index in [1.54, 1.807) is 24.1 Å². The van der Waals surface area contributed by atoms with E-state index in [2.05, 4.69) is 11.4 Å². The van der Waals surface area contributed by atoms with E-state index in [0.717, 1.165) is 22.3 Å². The third-order valence-corrected chi connectivity index (χ3v) is 4.06. The van der Waals surface area contributed by atoms with Crippen molar-refractivity contribution in [1.82, 2.24) is 10.2 Å². The second kappa shape index (κ2) is 7.10. The maximum atomic E-state index is 12.4. The highest BCUT2D eigenvalue weighted by atomic mass is 16.3. The van der Waals surface area contributed by atoms with E-state index >= 15 is 0 Å². The Balaban J connectivity index is 1.62. The third kappa shape index (κ3) is 3.81. The van der Waals surface area contributed by atoms with E-state index < -0.39 is 0 Å². The first kappa shape index (κ1) is 16.6. The monoisotopic (exact) mass is 333 g/mol. The summed E-state index contributed by atoms with van der Waals surface area (Å²) in [7, 11) is 1.74. The number of hydrogen-bond acceptors (Lipinski definition) is 3. The Hall–Kier alpha value is -3.26. The maximum absolute atomic E-state index is 12.4. The van der Waals surface area contributed by atoms with E-state index in [-0.39, 0.29) is 12.1 Å². The number of nitriles is 1. The number of benzene rings is 2. The summed E-state index contributed by atoms with van der Waals surface area (Å²) in [6, 6.07) is 18.6. The van der Waals surface area contributed by atoms with Crippen LogP contribution < -0.4 is 5.32 Å². The Labute approximate surface area is 146 Å². The second-order valence-corrected chi connectivity index (χ2v) is 6.02. The van der Waals surface area contributed by atoms with Crippen molar-refractivity contribution in [2.75, 3.05) is 7.05 Å². The van der Waals surface area contributed by atoms with E-state index in [0.29, 0.717) is 12.1 Å². The van der Waals surface area contributed by atoms with Crippen molar-refractivity contribution in [1.29, 1.82) is 5.26 Å². The standard InChI is InChI=1S/C20H19N3O2/c1-14(19-11-17-5-3-4-6-18(17)25-19)22-20(24)23(2)13-16-9-7-15(12-21)8-10-16/h3-11,14H,13H2,1-2H3,(H,22,24). The zero-order valence-corrected chi connectivity index (χ0v) is 14.2. The molecule has 0 aliphatic rings.